The molecule has 4 aromatic rings. The molecular formula is C30H32ClN5OS. The molecule has 0 unspecified atom stereocenters. The zero-order valence-electron chi connectivity index (χ0n) is 21.6. The van der Waals surface area contributed by atoms with E-state index in [1.807, 2.05) is 36.5 Å². The zero-order valence-corrected chi connectivity index (χ0v) is 23.2. The summed E-state index contributed by atoms with van der Waals surface area (Å²) in [6.45, 7) is 7.32. The SMILES string of the molecule is C[C@H]1C[C@H](C)CN(c2ccc(N3C(=S)N[C@@H](c4ccccn4)[C@@H]3c3cccn3Cc3ccco3)cc2Cl)C1. The molecule has 8 heteroatoms. The van der Waals surface area contributed by atoms with Crippen molar-refractivity contribution < 1.29 is 4.42 Å². The van der Waals surface area contributed by atoms with Gasteiger partial charge in [-0.05, 0) is 85.1 Å². The summed E-state index contributed by atoms with van der Waals surface area (Å²) in [4.78, 5) is 9.29. The Hall–Kier alpha value is -3.29. The van der Waals surface area contributed by atoms with Crippen molar-refractivity contribution >= 4 is 40.3 Å². The predicted octanol–water partition coefficient (Wildman–Crippen LogP) is 6.84. The Bertz CT molecular complexity index is 1400. The summed E-state index contributed by atoms with van der Waals surface area (Å²) >= 11 is 12.9. The van der Waals surface area contributed by atoms with Gasteiger partial charge in [-0.3, -0.25) is 4.98 Å². The minimum Gasteiger partial charge on any atom is -0.467 e. The van der Waals surface area contributed by atoms with Gasteiger partial charge >= 0.3 is 0 Å². The molecule has 0 spiro atoms. The van der Waals surface area contributed by atoms with Crippen molar-refractivity contribution in [2.24, 2.45) is 11.8 Å². The number of thiocarbonyl (C=S) groups is 1. The van der Waals surface area contributed by atoms with Crippen LogP contribution in [-0.2, 0) is 6.54 Å². The Morgan fingerprint density at radius 1 is 1.05 bits per heavy atom. The molecule has 38 heavy (non-hydrogen) atoms. The molecule has 3 aromatic heterocycles. The lowest BCUT2D eigenvalue weighted by Crippen LogP contribution is -2.38. The van der Waals surface area contributed by atoms with Crippen LogP contribution >= 0.6 is 23.8 Å². The Morgan fingerprint density at radius 2 is 1.89 bits per heavy atom. The van der Waals surface area contributed by atoms with E-state index in [0.717, 1.165) is 46.6 Å². The first-order chi connectivity index (χ1) is 18.5. The summed E-state index contributed by atoms with van der Waals surface area (Å²) in [5.41, 5.74) is 4.10. The van der Waals surface area contributed by atoms with Gasteiger partial charge in [-0.1, -0.05) is 31.5 Å². The summed E-state index contributed by atoms with van der Waals surface area (Å²) in [7, 11) is 0. The van der Waals surface area contributed by atoms with Gasteiger partial charge in [0.05, 0.1) is 35.3 Å². The molecule has 2 aliphatic heterocycles. The van der Waals surface area contributed by atoms with E-state index < -0.39 is 0 Å². The van der Waals surface area contributed by atoms with Crippen LogP contribution in [0.4, 0.5) is 11.4 Å². The minimum atomic E-state index is -0.129. The maximum atomic E-state index is 6.97. The van der Waals surface area contributed by atoms with Gasteiger partial charge in [0.25, 0.3) is 0 Å². The van der Waals surface area contributed by atoms with E-state index in [1.54, 1.807) is 6.26 Å². The highest BCUT2D eigenvalue weighted by atomic mass is 35.5. The van der Waals surface area contributed by atoms with Crippen LogP contribution in [0.3, 0.4) is 0 Å². The molecule has 1 aromatic carbocycles. The molecule has 2 saturated heterocycles. The second kappa shape index (κ2) is 10.5. The fourth-order valence-corrected chi connectivity index (χ4v) is 6.75. The number of furan rings is 1. The summed E-state index contributed by atoms with van der Waals surface area (Å²) in [5, 5.41) is 4.96. The number of nitrogens with zero attached hydrogens (tertiary/aromatic N) is 4. The van der Waals surface area contributed by atoms with Crippen molar-refractivity contribution in [1.82, 2.24) is 14.9 Å². The molecule has 0 radical (unpaired) electrons. The number of nitrogens with one attached hydrogen (secondary N) is 1. The molecule has 0 bridgehead atoms. The zero-order chi connectivity index (χ0) is 26.2. The van der Waals surface area contributed by atoms with Crippen LogP contribution in [-0.4, -0.2) is 27.8 Å². The number of pyridine rings is 1. The molecule has 2 fully saturated rings. The summed E-state index contributed by atoms with van der Waals surface area (Å²) < 4.78 is 7.88. The summed E-state index contributed by atoms with van der Waals surface area (Å²) in [6, 6.07) is 20.2. The first kappa shape index (κ1) is 25.0. The predicted molar refractivity (Wildman–Crippen MR) is 157 cm³/mol. The number of halogens is 1. The average Bonchev–Trinajstić information content (AvgIpc) is 3.65. The van der Waals surface area contributed by atoms with Crippen LogP contribution in [0.5, 0.6) is 0 Å². The first-order valence-electron chi connectivity index (χ1n) is 13.2. The van der Waals surface area contributed by atoms with Crippen LogP contribution in [0.15, 0.2) is 83.7 Å². The van der Waals surface area contributed by atoms with Crippen LogP contribution in [0.2, 0.25) is 5.02 Å². The molecule has 196 valence electrons. The topological polar surface area (TPSA) is 49.5 Å². The number of anilines is 2. The third-order valence-electron chi connectivity index (χ3n) is 7.59. The second-order valence-electron chi connectivity index (χ2n) is 10.6. The van der Waals surface area contributed by atoms with Crippen molar-refractivity contribution in [2.75, 3.05) is 22.9 Å². The quantitative estimate of drug-likeness (QED) is 0.268. The third kappa shape index (κ3) is 4.81. The highest BCUT2D eigenvalue weighted by Gasteiger charge is 2.42. The van der Waals surface area contributed by atoms with E-state index in [2.05, 4.69) is 75.0 Å². The van der Waals surface area contributed by atoms with Crippen LogP contribution in [0.25, 0.3) is 0 Å². The van der Waals surface area contributed by atoms with Gasteiger partial charge in [0.1, 0.15) is 11.8 Å². The molecule has 6 rings (SSSR count). The standard InChI is InChI=1S/C30H32ClN5OS/c1-20-15-21(2)18-35(17-20)26-11-10-22(16-24(26)31)36-29(28(33-30(36)38)25-8-3-4-12-32-25)27-9-5-13-34(27)19-23-7-6-14-37-23/h3-14,16,20-21,28-29H,15,17-19H2,1-2H3,(H,33,38)/t20-,21-,28-,29-/m0/s1. The van der Waals surface area contributed by atoms with Crippen LogP contribution in [0.1, 0.15) is 49.5 Å². The number of hydrogen-bond acceptors (Lipinski definition) is 4. The van der Waals surface area contributed by atoms with E-state index in [-0.39, 0.29) is 12.1 Å². The number of rotatable bonds is 6. The Kier molecular flexibility index (Phi) is 6.89. The molecule has 0 saturated carbocycles. The Morgan fingerprint density at radius 3 is 2.61 bits per heavy atom. The molecular weight excluding hydrogens is 514 g/mol. The van der Waals surface area contributed by atoms with Gasteiger partial charge < -0.3 is 24.1 Å². The van der Waals surface area contributed by atoms with Crippen molar-refractivity contribution in [2.45, 2.75) is 38.9 Å². The fourth-order valence-electron chi connectivity index (χ4n) is 6.11. The van der Waals surface area contributed by atoms with Gasteiger partial charge in [0.2, 0.25) is 0 Å². The molecule has 4 atom stereocenters. The summed E-state index contributed by atoms with van der Waals surface area (Å²) in [5.74, 6) is 2.19. The summed E-state index contributed by atoms with van der Waals surface area (Å²) in [6.07, 6.45) is 6.88. The first-order valence-corrected chi connectivity index (χ1v) is 14.0. The molecule has 1 N–H and O–H groups in total. The van der Waals surface area contributed by atoms with Gasteiger partial charge in [-0.15, -0.1) is 0 Å². The molecule has 0 amide bonds. The maximum Gasteiger partial charge on any atom is 0.174 e. The monoisotopic (exact) mass is 545 g/mol. The fraction of sp³-hybridized carbons (Fsp3) is 0.333. The van der Waals surface area contributed by atoms with E-state index in [4.69, 9.17) is 28.2 Å². The smallest absolute Gasteiger partial charge is 0.174 e. The van der Waals surface area contributed by atoms with Gasteiger partial charge in [-0.2, -0.15) is 0 Å². The van der Waals surface area contributed by atoms with Crippen LogP contribution in [0, 0.1) is 11.8 Å². The lowest BCUT2D eigenvalue weighted by molar-refractivity contribution is 0.357. The number of aromatic nitrogens is 2. The second-order valence-corrected chi connectivity index (χ2v) is 11.4. The van der Waals surface area contributed by atoms with E-state index >= 15 is 0 Å². The van der Waals surface area contributed by atoms with Crippen molar-refractivity contribution in [1.29, 1.82) is 0 Å². The molecule has 6 nitrogen and oxygen atoms in total. The number of piperidine rings is 1. The largest absolute Gasteiger partial charge is 0.467 e. The van der Waals surface area contributed by atoms with Gasteiger partial charge in [-0.25, -0.2) is 0 Å². The number of hydrogen-bond donors (Lipinski definition) is 1. The van der Waals surface area contributed by atoms with Crippen molar-refractivity contribution in [3.63, 3.8) is 0 Å². The minimum absolute atomic E-state index is 0.126. The highest BCUT2D eigenvalue weighted by molar-refractivity contribution is 7.80. The van der Waals surface area contributed by atoms with E-state index in [1.165, 1.54) is 6.42 Å². The molecule has 2 aliphatic rings. The van der Waals surface area contributed by atoms with E-state index in [0.29, 0.717) is 23.5 Å². The molecule has 5 heterocycles. The van der Waals surface area contributed by atoms with Crippen LogP contribution < -0.4 is 15.1 Å². The average molecular weight is 546 g/mol. The Labute approximate surface area is 234 Å². The third-order valence-corrected chi connectivity index (χ3v) is 8.21. The molecule has 0 aliphatic carbocycles. The Balaban J connectivity index is 1.39. The van der Waals surface area contributed by atoms with Gasteiger partial charge in [0.15, 0.2) is 5.11 Å². The van der Waals surface area contributed by atoms with Gasteiger partial charge in [0, 0.05) is 36.9 Å². The van der Waals surface area contributed by atoms with E-state index in [9.17, 15) is 0 Å². The lowest BCUT2D eigenvalue weighted by atomic mass is 9.91. The lowest BCUT2D eigenvalue weighted by Gasteiger charge is -2.37. The normalized spacial score (nSPS) is 23.6. The highest BCUT2D eigenvalue weighted by Crippen LogP contribution is 2.43. The van der Waals surface area contributed by atoms with Crippen molar-refractivity contribution in [3.8, 4) is 0 Å². The maximum absolute atomic E-state index is 6.97. The van der Waals surface area contributed by atoms with Crippen molar-refractivity contribution in [3.05, 3.63) is 101 Å². The number of benzene rings is 1.